The Bertz CT molecular complexity index is 1290. The number of carboxylic acids is 1. The smallest absolute Gasteiger partial charge is 0.326 e. The van der Waals surface area contributed by atoms with E-state index >= 15 is 0 Å². The van der Waals surface area contributed by atoms with E-state index in [2.05, 4.69) is 20.9 Å². The van der Waals surface area contributed by atoms with Crippen LogP contribution in [0.2, 0.25) is 0 Å². The van der Waals surface area contributed by atoms with E-state index in [1.807, 2.05) is 44.2 Å². The lowest BCUT2D eigenvalue weighted by molar-refractivity contribution is -0.142. The number of rotatable bonds is 13. The molecule has 0 saturated heterocycles. The maximum Gasteiger partial charge on any atom is 0.326 e. The molecule has 0 aliphatic heterocycles. The second kappa shape index (κ2) is 13.6. The van der Waals surface area contributed by atoms with Crippen molar-refractivity contribution in [1.29, 1.82) is 0 Å². The molecule has 0 fully saturated rings. The SMILES string of the molecule is CC(C)CC(N)C(=O)NC(C)C(=O)NC(Cc1c[nH]c2ccccc12)C(=O)NC(Cc1ccccc1)C(=O)O. The van der Waals surface area contributed by atoms with E-state index in [0.29, 0.717) is 6.42 Å². The van der Waals surface area contributed by atoms with Gasteiger partial charge in [0.25, 0.3) is 0 Å². The molecule has 3 amide bonds. The summed E-state index contributed by atoms with van der Waals surface area (Å²) in [7, 11) is 0. The van der Waals surface area contributed by atoms with Gasteiger partial charge in [-0.05, 0) is 36.5 Å². The van der Waals surface area contributed by atoms with Crippen molar-refractivity contribution in [3.63, 3.8) is 0 Å². The zero-order valence-electron chi connectivity index (χ0n) is 22.4. The normalized spacial score (nSPS) is 14.3. The minimum absolute atomic E-state index is 0.0792. The lowest BCUT2D eigenvalue weighted by Crippen LogP contribution is -2.57. The third-order valence-electron chi connectivity index (χ3n) is 6.44. The highest BCUT2D eigenvalue weighted by molar-refractivity contribution is 5.94. The second-order valence-corrected chi connectivity index (χ2v) is 10.2. The summed E-state index contributed by atoms with van der Waals surface area (Å²) in [5.41, 5.74) is 8.33. The van der Waals surface area contributed by atoms with E-state index in [-0.39, 0.29) is 18.8 Å². The molecule has 0 bridgehead atoms. The van der Waals surface area contributed by atoms with E-state index in [9.17, 15) is 24.3 Å². The number of carbonyl (C=O) groups excluding carboxylic acids is 3. The number of nitrogens with two attached hydrogens (primary N) is 1. The number of fused-ring (bicyclic) bond motifs is 1. The van der Waals surface area contributed by atoms with Crippen LogP contribution in [-0.4, -0.2) is 57.9 Å². The summed E-state index contributed by atoms with van der Waals surface area (Å²) in [6.07, 6.45) is 2.40. The molecule has 3 aromatic rings. The molecule has 10 heteroatoms. The first kappa shape index (κ1) is 29.4. The van der Waals surface area contributed by atoms with E-state index in [1.165, 1.54) is 6.92 Å². The van der Waals surface area contributed by atoms with Crippen LogP contribution < -0.4 is 21.7 Å². The van der Waals surface area contributed by atoms with E-state index in [0.717, 1.165) is 22.0 Å². The second-order valence-electron chi connectivity index (χ2n) is 10.2. The van der Waals surface area contributed by atoms with Crippen molar-refractivity contribution in [1.82, 2.24) is 20.9 Å². The molecule has 0 aliphatic carbocycles. The summed E-state index contributed by atoms with van der Waals surface area (Å²) in [4.78, 5) is 54.1. The molecule has 4 unspecified atom stereocenters. The molecule has 10 nitrogen and oxygen atoms in total. The molecule has 208 valence electrons. The summed E-state index contributed by atoms with van der Waals surface area (Å²) in [6.45, 7) is 5.39. The summed E-state index contributed by atoms with van der Waals surface area (Å²) >= 11 is 0. The Morgan fingerprint density at radius 3 is 2.13 bits per heavy atom. The average molecular weight is 536 g/mol. The number of aromatic nitrogens is 1. The number of para-hydroxylation sites is 1. The number of carboxylic acid groups (broad SMARTS) is 1. The quantitative estimate of drug-likeness (QED) is 0.195. The predicted molar refractivity (Wildman–Crippen MR) is 149 cm³/mol. The van der Waals surface area contributed by atoms with Crippen molar-refractivity contribution >= 4 is 34.6 Å². The monoisotopic (exact) mass is 535 g/mol. The van der Waals surface area contributed by atoms with Gasteiger partial charge in [0.15, 0.2) is 0 Å². The minimum Gasteiger partial charge on any atom is -0.480 e. The van der Waals surface area contributed by atoms with Crippen LogP contribution in [0.25, 0.3) is 10.9 Å². The highest BCUT2D eigenvalue weighted by Crippen LogP contribution is 2.19. The van der Waals surface area contributed by atoms with Gasteiger partial charge in [0.1, 0.15) is 18.1 Å². The fraction of sp³-hybridized carbons (Fsp3) is 0.379. The third-order valence-corrected chi connectivity index (χ3v) is 6.44. The summed E-state index contributed by atoms with van der Waals surface area (Å²) in [6, 6.07) is 12.5. The molecule has 3 rings (SSSR count). The first-order valence-corrected chi connectivity index (χ1v) is 13.0. The van der Waals surface area contributed by atoms with Gasteiger partial charge < -0.3 is 31.8 Å². The zero-order chi connectivity index (χ0) is 28.5. The van der Waals surface area contributed by atoms with Gasteiger partial charge in [-0.2, -0.15) is 0 Å². The predicted octanol–water partition coefficient (Wildman–Crippen LogP) is 1.89. The van der Waals surface area contributed by atoms with Gasteiger partial charge in [-0.25, -0.2) is 4.79 Å². The largest absolute Gasteiger partial charge is 0.480 e. The molecule has 1 heterocycles. The molecule has 0 spiro atoms. The lowest BCUT2D eigenvalue weighted by Gasteiger charge is -2.24. The number of nitrogens with one attached hydrogen (secondary N) is 4. The van der Waals surface area contributed by atoms with Crippen molar-refractivity contribution in [2.45, 2.75) is 64.2 Å². The highest BCUT2D eigenvalue weighted by atomic mass is 16.4. The van der Waals surface area contributed by atoms with E-state index in [4.69, 9.17) is 5.73 Å². The van der Waals surface area contributed by atoms with Crippen LogP contribution in [0.4, 0.5) is 0 Å². The summed E-state index contributed by atoms with van der Waals surface area (Å²) in [5.74, 6) is -2.68. The molecule has 1 aromatic heterocycles. The number of benzene rings is 2. The van der Waals surface area contributed by atoms with Gasteiger partial charge in [0.05, 0.1) is 6.04 Å². The van der Waals surface area contributed by atoms with Crippen molar-refractivity contribution in [3.05, 3.63) is 71.9 Å². The van der Waals surface area contributed by atoms with Gasteiger partial charge in [0.2, 0.25) is 17.7 Å². The Hall–Kier alpha value is -4.18. The van der Waals surface area contributed by atoms with Crippen LogP contribution in [0.1, 0.15) is 38.3 Å². The van der Waals surface area contributed by atoms with Crippen LogP contribution in [0.5, 0.6) is 0 Å². The van der Waals surface area contributed by atoms with E-state index in [1.54, 1.807) is 30.5 Å². The van der Waals surface area contributed by atoms with Crippen molar-refractivity contribution in [2.75, 3.05) is 0 Å². The van der Waals surface area contributed by atoms with Crippen LogP contribution in [0.15, 0.2) is 60.8 Å². The van der Waals surface area contributed by atoms with Crippen molar-refractivity contribution in [2.24, 2.45) is 11.7 Å². The fourth-order valence-electron chi connectivity index (χ4n) is 4.35. The van der Waals surface area contributed by atoms with Gasteiger partial charge >= 0.3 is 5.97 Å². The molecule has 0 aliphatic rings. The van der Waals surface area contributed by atoms with Gasteiger partial charge in [-0.15, -0.1) is 0 Å². The molecule has 0 saturated carbocycles. The Kier molecular flexibility index (Phi) is 10.2. The topological polar surface area (TPSA) is 166 Å². The Morgan fingerprint density at radius 1 is 0.821 bits per heavy atom. The Morgan fingerprint density at radius 2 is 1.46 bits per heavy atom. The molecule has 4 atom stereocenters. The number of carbonyl (C=O) groups is 4. The molecular weight excluding hydrogens is 498 g/mol. The fourth-order valence-corrected chi connectivity index (χ4v) is 4.35. The Balaban J connectivity index is 1.78. The van der Waals surface area contributed by atoms with E-state index < -0.39 is 47.9 Å². The molecule has 0 radical (unpaired) electrons. The summed E-state index contributed by atoms with van der Waals surface area (Å²) in [5, 5.41) is 18.5. The first-order chi connectivity index (χ1) is 18.5. The van der Waals surface area contributed by atoms with Crippen molar-refractivity contribution < 1.29 is 24.3 Å². The first-order valence-electron chi connectivity index (χ1n) is 13.0. The van der Waals surface area contributed by atoms with Crippen LogP contribution >= 0.6 is 0 Å². The lowest BCUT2D eigenvalue weighted by atomic mass is 10.0. The van der Waals surface area contributed by atoms with Crippen LogP contribution in [0, 0.1) is 5.92 Å². The number of amides is 3. The Labute approximate surface area is 227 Å². The van der Waals surface area contributed by atoms with Gasteiger partial charge in [0, 0.05) is 29.9 Å². The van der Waals surface area contributed by atoms with Crippen LogP contribution in [0.3, 0.4) is 0 Å². The maximum absolute atomic E-state index is 13.4. The third kappa shape index (κ3) is 8.41. The standard InChI is InChI=1S/C29H37N5O5/c1-17(2)13-22(30)27(36)32-18(3)26(35)33-24(15-20-16-31-23-12-8-7-11-21(20)23)28(37)34-25(29(38)39)14-19-9-5-4-6-10-19/h4-12,16-18,22,24-25,31H,13-15,30H2,1-3H3,(H,32,36)(H,33,35)(H,34,37)(H,38,39). The average Bonchev–Trinajstić information content (AvgIpc) is 3.30. The van der Waals surface area contributed by atoms with Gasteiger partial charge in [-0.1, -0.05) is 62.4 Å². The maximum atomic E-state index is 13.4. The minimum atomic E-state index is -1.20. The highest BCUT2D eigenvalue weighted by Gasteiger charge is 2.30. The molecular formula is C29H37N5O5. The molecule has 39 heavy (non-hydrogen) atoms. The van der Waals surface area contributed by atoms with Gasteiger partial charge in [-0.3, -0.25) is 14.4 Å². The number of aliphatic carboxylic acids is 1. The number of H-pyrrole nitrogens is 1. The number of hydrogen-bond acceptors (Lipinski definition) is 5. The molecule has 2 aromatic carbocycles. The van der Waals surface area contributed by atoms with Crippen molar-refractivity contribution in [3.8, 4) is 0 Å². The summed E-state index contributed by atoms with van der Waals surface area (Å²) < 4.78 is 0. The molecule has 7 N–H and O–H groups in total. The number of aromatic amines is 1. The van der Waals surface area contributed by atoms with Crippen LogP contribution in [-0.2, 0) is 32.0 Å². The zero-order valence-corrected chi connectivity index (χ0v) is 22.4. The number of hydrogen-bond donors (Lipinski definition) is 6.